The van der Waals surface area contributed by atoms with E-state index in [0.717, 1.165) is 44.9 Å². The van der Waals surface area contributed by atoms with E-state index in [2.05, 4.69) is 20.8 Å². The number of ether oxygens (including phenoxy) is 1. The SMILES string of the molecule is C[C@H](CCC(=O)O)[C@H]1CC[C@H]2[C@@H]3[C@H](O)C[C@@H]4C[C@H](OCC(O)CN)CC[C@]4(C)[C@H]3C[C@H](O)[C@]12C. The number of hydrogen-bond acceptors (Lipinski definition) is 6. The average molecular weight is 482 g/mol. The second-order valence-corrected chi connectivity index (χ2v) is 12.6. The van der Waals surface area contributed by atoms with Crippen molar-refractivity contribution in [2.24, 2.45) is 52.1 Å². The highest BCUT2D eigenvalue weighted by Gasteiger charge is 2.65. The Hall–Kier alpha value is -0.730. The predicted octanol–water partition coefficient (Wildman–Crippen LogP) is 2.79. The summed E-state index contributed by atoms with van der Waals surface area (Å²) in [4.78, 5) is 11.1. The van der Waals surface area contributed by atoms with Gasteiger partial charge in [0.1, 0.15) is 0 Å². The normalized spacial score (nSPS) is 47.9. The molecule has 6 N–H and O–H groups in total. The quantitative estimate of drug-likeness (QED) is 0.360. The highest BCUT2D eigenvalue weighted by atomic mass is 16.5. The number of fused-ring (bicyclic) bond motifs is 5. The lowest BCUT2D eigenvalue weighted by Gasteiger charge is -2.63. The maximum Gasteiger partial charge on any atom is 0.303 e. The molecule has 12 atom stereocenters. The molecule has 0 saturated heterocycles. The van der Waals surface area contributed by atoms with E-state index in [4.69, 9.17) is 15.6 Å². The molecule has 4 rings (SSSR count). The van der Waals surface area contributed by atoms with Crippen LogP contribution in [0.5, 0.6) is 0 Å². The molecule has 196 valence electrons. The Bertz CT molecular complexity index is 734. The van der Waals surface area contributed by atoms with Crippen LogP contribution in [0.25, 0.3) is 0 Å². The molecule has 4 aliphatic carbocycles. The molecule has 0 heterocycles. The van der Waals surface area contributed by atoms with Gasteiger partial charge in [-0.2, -0.15) is 0 Å². The summed E-state index contributed by atoms with van der Waals surface area (Å²) < 4.78 is 5.98. The minimum absolute atomic E-state index is 0.0750. The van der Waals surface area contributed by atoms with Crippen molar-refractivity contribution in [3.8, 4) is 0 Å². The van der Waals surface area contributed by atoms with Crippen LogP contribution in [0.3, 0.4) is 0 Å². The number of aliphatic hydroxyl groups is 3. The number of rotatable bonds is 8. The number of carbonyl (C=O) groups is 1. The lowest BCUT2D eigenvalue weighted by molar-refractivity contribution is -0.210. The molecule has 0 aromatic heterocycles. The Morgan fingerprint density at radius 1 is 1.12 bits per heavy atom. The van der Waals surface area contributed by atoms with Crippen molar-refractivity contribution in [1.29, 1.82) is 0 Å². The van der Waals surface area contributed by atoms with Gasteiger partial charge in [-0.3, -0.25) is 4.79 Å². The number of nitrogens with two attached hydrogens (primary N) is 1. The van der Waals surface area contributed by atoms with Gasteiger partial charge in [0.2, 0.25) is 0 Å². The first kappa shape index (κ1) is 26.3. The van der Waals surface area contributed by atoms with E-state index in [1.165, 1.54) is 0 Å². The molecule has 7 heteroatoms. The molecule has 0 aromatic rings. The van der Waals surface area contributed by atoms with Crippen LogP contribution in [0.2, 0.25) is 0 Å². The van der Waals surface area contributed by atoms with Gasteiger partial charge in [0.15, 0.2) is 0 Å². The minimum Gasteiger partial charge on any atom is -0.481 e. The van der Waals surface area contributed by atoms with Crippen molar-refractivity contribution in [2.75, 3.05) is 13.2 Å². The molecule has 0 aromatic carbocycles. The van der Waals surface area contributed by atoms with Crippen LogP contribution in [-0.2, 0) is 9.53 Å². The fraction of sp³-hybridized carbons (Fsp3) is 0.963. The first-order valence-electron chi connectivity index (χ1n) is 13.6. The van der Waals surface area contributed by atoms with E-state index in [1.54, 1.807) is 0 Å². The van der Waals surface area contributed by atoms with E-state index in [9.17, 15) is 20.1 Å². The smallest absolute Gasteiger partial charge is 0.303 e. The van der Waals surface area contributed by atoms with Gasteiger partial charge in [-0.05, 0) is 97.7 Å². The standard InChI is InChI=1S/C27H47NO6/c1-15(4-7-24(32)33)19-5-6-20-25-21(12-23(31)27(19,20)3)26(2)9-8-18(34-14-17(29)13-28)10-16(26)11-22(25)30/h15-23,25,29-31H,4-14,28H2,1-3H3,(H,32,33)/t15-,16+,17?,18-,19-,20+,21+,22-,23+,25+,26+,27-/m1/s1. The average Bonchev–Trinajstić information content (AvgIpc) is 3.15. The predicted molar refractivity (Wildman–Crippen MR) is 129 cm³/mol. The van der Waals surface area contributed by atoms with Gasteiger partial charge in [-0.25, -0.2) is 0 Å². The monoisotopic (exact) mass is 481 g/mol. The molecule has 7 nitrogen and oxygen atoms in total. The molecule has 4 aliphatic rings. The van der Waals surface area contributed by atoms with Crippen molar-refractivity contribution in [2.45, 2.75) is 103 Å². The summed E-state index contributed by atoms with van der Waals surface area (Å²) in [6.45, 7) is 7.22. The van der Waals surface area contributed by atoms with Gasteiger partial charge >= 0.3 is 5.97 Å². The second-order valence-electron chi connectivity index (χ2n) is 12.6. The van der Waals surface area contributed by atoms with Gasteiger partial charge in [0, 0.05) is 13.0 Å². The molecule has 0 bridgehead atoms. The number of aliphatic carboxylic acids is 1. The van der Waals surface area contributed by atoms with Crippen LogP contribution in [0.4, 0.5) is 0 Å². The number of carboxylic acids is 1. The summed E-state index contributed by atoms with van der Waals surface area (Å²) in [6.07, 6.45) is 5.85. The summed E-state index contributed by atoms with van der Waals surface area (Å²) in [5.74, 6) is 0.901. The molecule has 34 heavy (non-hydrogen) atoms. The third kappa shape index (κ3) is 4.45. The van der Waals surface area contributed by atoms with E-state index in [0.29, 0.717) is 18.3 Å². The van der Waals surface area contributed by atoms with Crippen LogP contribution in [0.15, 0.2) is 0 Å². The van der Waals surface area contributed by atoms with Gasteiger partial charge < -0.3 is 30.9 Å². The minimum atomic E-state index is -0.755. The summed E-state index contributed by atoms with van der Waals surface area (Å²) >= 11 is 0. The number of hydrogen-bond donors (Lipinski definition) is 5. The first-order valence-corrected chi connectivity index (χ1v) is 13.6. The van der Waals surface area contributed by atoms with Gasteiger partial charge in [-0.15, -0.1) is 0 Å². The zero-order valence-electron chi connectivity index (χ0n) is 21.2. The Kier molecular flexibility index (Phi) is 7.72. The van der Waals surface area contributed by atoms with Crippen molar-refractivity contribution < 1.29 is 30.0 Å². The van der Waals surface area contributed by atoms with Crippen LogP contribution in [-0.4, -0.2) is 64.0 Å². The highest BCUT2D eigenvalue weighted by Crippen LogP contribution is 2.68. The lowest BCUT2D eigenvalue weighted by Crippen LogP contribution is -2.62. The summed E-state index contributed by atoms with van der Waals surface area (Å²) in [6, 6.07) is 0. The number of aliphatic hydroxyl groups excluding tert-OH is 3. The molecule has 0 spiro atoms. The van der Waals surface area contributed by atoms with Crippen LogP contribution in [0, 0.1) is 46.3 Å². The van der Waals surface area contributed by atoms with Gasteiger partial charge in [0.05, 0.1) is 31.0 Å². The molecular formula is C27H47NO6. The molecule has 0 amide bonds. The fourth-order valence-corrected chi connectivity index (χ4v) is 9.13. The molecule has 0 aliphatic heterocycles. The summed E-state index contributed by atoms with van der Waals surface area (Å²) in [5, 5.41) is 42.1. The molecule has 0 radical (unpaired) electrons. The molecule has 4 saturated carbocycles. The van der Waals surface area contributed by atoms with Crippen molar-refractivity contribution in [3.05, 3.63) is 0 Å². The first-order chi connectivity index (χ1) is 16.0. The van der Waals surface area contributed by atoms with E-state index in [1.807, 2.05) is 0 Å². The van der Waals surface area contributed by atoms with E-state index >= 15 is 0 Å². The van der Waals surface area contributed by atoms with Crippen molar-refractivity contribution in [3.63, 3.8) is 0 Å². The molecule has 4 fully saturated rings. The van der Waals surface area contributed by atoms with E-state index < -0.39 is 18.2 Å². The topological polar surface area (TPSA) is 133 Å². The third-order valence-electron chi connectivity index (χ3n) is 11.1. The molecule has 1 unspecified atom stereocenters. The maximum atomic E-state index is 11.6. The second kappa shape index (κ2) is 9.97. The number of carboxylic acid groups (broad SMARTS) is 1. The van der Waals surface area contributed by atoms with Crippen molar-refractivity contribution in [1.82, 2.24) is 0 Å². The Labute approximate surface area is 204 Å². The largest absolute Gasteiger partial charge is 0.481 e. The third-order valence-corrected chi connectivity index (χ3v) is 11.1. The van der Waals surface area contributed by atoms with E-state index in [-0.39, 0.29) is 66.3 Å². The molecular weight excluding hydrogens is 434 g/mol. The van der Waals surface area contributed by atoms with Crippen LogP contribution in [0.1, 0.15) is 78.6 Å². The van der Waals surface area contributed by atoms with Gasteiger partial charge in [-0.1, -0.05) is 20.8 Å². The Balaban J connectivity index is 1.50. The maximum absolute atomic E-state index is 11.6. The summed E-state index contributed by atoms with van der Waals surface area (Å²) in [7, 11) is 0. The summed E-state index contributed by atoms with van der Waals surface area (Å²) in [5.41, 5.74) is 5.33. The zero-order chi connectivity index (χ0) is 24.8. The fourth-order valence-electron chi connectivity index (χ4n) is 9.13. The van der Waals surface area contributed by atoms with Gasteiger partial charge in [0.25, 0.3) is 0 Å². The van der Waals surface area contributed by atoms with Crippen LogP contribution < -0.4 is 5.73 Å². The Morgan fingerprint density at radius 2 is 1.85 bits per heavy atom. The Morgan fingerprint density at radius 3 is 2.53 bits per heavy atom. The highest BCUT2D eigenvalue weighted by molar-refractivity contribution is 5.66. The van der Waals surface area contributed by atoms with Crippen LogP contribution >= 0.6 is 0 Å². The van der Waals surface area contributed by atoms with Crippen molar-refractivity contribution >= 4 is 5.97 Å². The zero-order valence-corrected chi connectivity index (χ0v) is 21.2. The lowest BCUT2D eigenvalue weighted by atomic mass is 9.43.